The number of para-hydroxylation sites is 1. The zero-order valence-electron chi connectivity index (χ0n) is 19.9. The molecule has 2 aromatic carbocycles. The fourth-order valence-corrected chi connectivity index (χ4v) is 6.27. The van der Waals surface area contributed by atoms with E-state index in [1.54, 1.807) is 11.1 Å². The second-order valence-corrected chi connectivity index (χ2v) is 10.4. The van der Waals surface area contributed by atoms with Crippen molar-refractivity contribution in [3.05, 3.63) is 71.9 Å². The summed E-state index contributed by atoms with van der Waals surface area (Å²) in [6.45, 7) is 3.70. The SMILES string of the molecule is Cc1cnc2c3c1N(c1ccc(Oc4ccccc4)cc1)C(=O)NC3[C@H](C(=O)NC1CCCNC1)S2. The molecule has 3 amide bonds. The molecule has 3 N–H and O–H groups in total. The van der Waals surface area contributed by atoms with Crippen molar-refractivity contribution in [2.45, 2.75) is 42.1 Å². The third kappa shape index (κ3) is 4.18. The monoisotopic (exact) mass is 501 g/mol. The van der Waals surface area contributed by atoms with Crippen LogP contribution in [0.2, 0.25) is 0 Å². The number of rotatable bonds is 5. The number of carbonyl (C=O) groups is 2. The van der Waals surface area contributed by atoms with Crippen LogP contribution in [0.5, 0.6) is 11.5 Å². The van der Waals surface area contributed by atoms with Crippen molar-refractivity contribution in [3.63, 3.8) is 0 Å². The van der Waals surface area contributed by atoms with Crippen LogP contribution >= 0.6 is 11.8 Å². The average molecular weight is 502 g/mol. The van der Waals surface area contributed by atoms with E-state index in [0.717, 1.165) is 53.5 Å². The minimum absolute atomic E-state index is 0.0588. The van der Waals surface area contributed by atoms with Gasteiger partial charge in [0.1, 0.15) is 21.8 Å². The molecule has 3 aliphatic heterocycles. The van der Waals surface area contributed by atoms with Crippen LogP contribution in [0.4, 0.5) is 16.2 Å². The maximum atomic E-state index is 13.4. The summed E-state index contributed by atoms with van der Waals surface area (Å²) in [6, 6.07) is 16.4. The third-order valence-electron chi connectivity index (χ3n) is 6.77. The molecule has 0 spiro atoms. The number of carbonyl (C=O) groups excluding carboxylic acids is 2. The second-order valence-electron chi connectivity index (χ2n) is 9.27. The van der Waals surface area contributed by atoms with Gasteiger partial charge in [-0.15, -0.1) is 0 Å². The van der Waals surface area contributed by atoms with Gasteiger partial charge in [-0.2, -0.15) is 0 Å². The fraction of sp³-hybridized carbons (Fsp3) is 0.296. The lowest BCUT2D eigenvalue weighted by molar-refractivity contribution is -0.121. The molecule has 3 aromatic rings. The largest absolute Gasteiger partial charge is 0.457 e. The van der Waals surface area contributed by atoms with Crippen molar-refractivity contribution in [1.82, 2.24) is 20.9 Å². The number of aromatic nitrogens is 1. The average Bonchev–Trinajstić information content (AvgIpc) is 3.27. The Labute approximate surface area is 213 Å². The smallest absolute Gasteiger partial charge is 0.327 e. The van der Waals surface area contributed by atoms with Crippen LogP contribution in [0.3, 0.4) is 0 Å². The molecule has 184 valence electrons. The van der Waals surface area contributed by atoms with E-state index in [0.29, 0.717) is 11.4 Å². The summed E-state index contributed by atoms with van der Waals surface area (Å²) in [6.07, 6.45) is 3.78. The number of thioether (sulfide) groups is 1. The molecule has 3 aliphatic rings. The molecular formula is C27H27N5O3S. The van der Waals surface area contributed by atoms with Crippen molar-refractivity contribution in [1.29, 1.82) is 0 Å². The summed E-state index contributed by atoms with van der Waals surface area (Å²) in [5.41, 5.74) is 3.31. The first kappa shape index (κ1) is 22.9. The molecule has 0 saturated carbocycles. The Kier molecular flexibility index (Phi) is 6.02. The third-order valence-corrected chi connectivity index (χ3v) is 8.06. The molecule has 3 atom stereocenters. The van der Waals surface area contributed by atoms with Gasteiger partial charge in [-0.05, 0) is 68.3 Å². The van der Waals surface area contributed by atoms with Crippen LogP contribution < -0.4 is 25.6 Å². The van der Waals surface area contributed by atoms with E-state index >= 15 is 0 Å². The fourth-order valence-electron chi connectivity index (χ4n) is 5.05. The van der Waals surface area contributed by atoms with E-state index in [4.69, 9.17) is 4.74 Å². The van der Waals surface area contributed by atoms with E-state index in [1.807, 2.05) is 61.5 Å². The molecule has 1 saturated heterocycles. The Balaban J connectivity index is 1.28. The first-order chi connectivity index (χ1) is 17.6. The van der Waals surface area contributed by atoms with Crippen molar-refractivity contribution >= 4 is 35.1 Å². The lowest BCUT2D eigenvalue weighted by Gasteiger charge is -2.35. The predicted molar refractivity (Wildman–Crippen MR) is 139 cm³/mol. The van der Waals surface area contributed by atoms with Gasteiger partial charge in [0.25, 0.3) is 0 Å². The van der Waals surface area contributed by atoms with Crippen molar-refractivity contribution in [3.8, 4) is 11.5 Å². The number of hydrogen-bond acceptors (Lipinski definition) is 6. The number of hydrogen-bond donors (Lipinski definition) is 3. The Morgan fingerprint density at radius 2 is 1.92 bits per heavy atom. The number of amides is 3. The molecule has 1 aromatic heterocycles. The standard InChI is InChI=1S/C27H27N5O3S/c1-16-14-29-26-21-22(24(36-26)25(33)30-17-6-5-13-28-15-17)31-27(34)32(23(16)21)18-9-11-20(12-10-18)35-19-7-3-2-4-8-19/h2-4,7-12,14,17,22,24,28H,5-6,13,15H2,1H3,(H,30,33)(H,31,34)/t17?,22?,24-/m1/s1. The summed E-state index contributed by atoms with van der Waals surface area (Å²) in [4.78, 5) is 33.0. The Morgan fingerprint density at radius 3 is 2.67 bits per heavy atom. The Hall–Kier alpha value is -3.56. The molecule has 6 rings (SSSR count). The van der Waals surface area contributed by atoms with Gasteiger partial charge in [-0.25, -0.2) is 9.78 Å². The maximum Gasteiger partial charge on any atom is 0.327 e. The van der Waals surface area contributed by atoms with E-state index in [-0.39, 0.29) is 18.0 Å². The topological polar surface area (TPSA) is 95.6 Å². The lowest BCUT2D eigenvalue weighted by atomic mass is 9.97. The lowest BCUT2D eigenvalue weighted by Crippen LogP contribution is -2.52. The zero-order chi connectivity index (χ0) is 24.6. The van der Waals surface area contributed by atoms with Crippen LogP contribution in [-0.2, 0) is 4.79 Å². The summed E-state index contributed by atoms with van der Waals surface area (Å²) >= 11 is 1.43. The van der Waals surface area contributed by atoms with Gasteiger partial charge in [0.2, 0.25) is 5.91 Å². The quantitative estimate of drug-likeness (QED) is 0.479. The van der Waals surface area contributed by atoms with Crippen molar-refractivity contribution in [2.75, 3.05) is 18.0 Å². The highest BCUT2D eigenvalue weighted by atomic mass is 32.2. The molecule has 1 fully saturated rings. The molecule has 8 nitrogen and oxygen atoms in total. The molecule has 0 bridgehead atoms. The first-order valence-corrected chi connectivity index (χ1v) is 13.1. The Morgan fingerprint density at radius 1 is 1.14 bits per heavy atom. The van der Waals surface area contributed by atoms with E-state index in [9.17, 15) is 9.59 Å². The summed E-state index contributed by atoms with van der Waals surface area (Å²) in [5.74, 6) is 1.37. The minimum atomic E-state index is -0.456. The van der Waals surface area contributed by atoms with E-state index in [2.05, 4.69) is 20.9 Å². The number of pyridine rings is 1. The van der Waals surface area contributed by atoms with Crippen LogP contribution in [0.1, 0.15) is 30.0 Å². The number of benzene rings is 2. The van der Waals surface area contributed by atoms with Gasteiger partial charge < -0.3 is 20.7 Å². The maximum absolute atomic E-state index is 13.4. The Bertz CT molecular complexity index is 1290. The van der Waals surface area contributed by atoms with Crippen molar-refractivity contribution < 1.29 is 14.3 Å². The first-order valence-electron chi connectivity index (χ1n) is 12.2. The van der Waals surface area contributed by atoms with Gasteiger partial charge in [0, 0.05) is 24.3 Å². The van der Waals surface area contributed by atoms with Crippen LogP contribution in [0, 0.1) is 6.92 Å². The number of ether oxygens (including phenoxy) is 1. The minimum Gasteiger partial charge on any atom is -0.457 e. The summed E-state index contributed by atoms with van der Waals surface area (Å²) < 4.78 is 5.91. The second kappa shape index (κ2) is 9.48. The van der Waals surface area contributed by atoms with Gasteiger partial charge in [0.15, 0.2) is 0 Å². The number of piperidine rings is 1. The molecule has 9 heteroatoms. The molecule has 2 unspecified atom stereocenters. The number of anilines is 2. The van der Waals surface area contributed by atoms with E-state index < -0.39 is 11.3 Å². The van der Waals surface area contributed by atoms with Crippen LogP contribution in [0.25, 0.3) is 0 Å². The highest BCUT2D eigenvalue weighted by Crippen LogP contribution is 2.51. The summed E-state index contributed by atoms with van der Waals surface area (Å²) in [7, 11) is 0. The van der Waals surface area contributed by atoms with E-state index in [1.165, 1.54) is 11.8 Å². The number of nitrogens with one attached hydrogen (secondary N) is 3. The summed E-state index contributed by atoms with van der Waals surface area (Å²) in [5, 5.41) is 9.93. The van der Waals surface area contributed by atoms with Gasteiger partial charge in [-0.1, -0.05) is 30.0 Å². The molecular weight excluding hydrogens is 474 g/mol. The molecule has 0 radical (unpaired) electrons. The van der Waals surface area contributed by atoms with Crippen LogP contribution in [0.15, 0.2) is 65.8 Å². The number of aryl methyl sites for hydroxylation is 1. The molecule has 4 heterocycles. The van der Waals surface area contributed by atoms with Crippen LogP contribution in [-0.4, -0.2) is 41.3 Å². The predicted octanol–water partition coefficient (Wildman–Crippen LogP) is 4.43. The molecule has 36 heavy (non-hydrogen) atoms. The number of urea groups is 1. The van der Waals surface area contributed by atoms with Gasteiger partial charge in [-0.3, -0.25) is 9.69 Å². The van der Waals surface area contributed by atoms with Gasteiger partial charge in [0.05, 0.1) is 17.4 Å². The highest BCUT2D eigenvalue weighted by Gasteiger charge is 2.47. The zero-order valence-corrected chi connectivity index (χ0v) is 20.7. The van der Waals surface area contributed by atoms with Gasteiger partial charge >= 0.3 is 6.03 Å². The number of nitrogens with zero attached hydrogens (tertiary/aromatic N) is 2. The molecule has 0 aliphatic carbocycles. The normalized spacial score (nSPS) is 22.5. The highest BCUT2D eigenvalue weighted by molar-refractivity contribution is 8.01. The van der Waals surface area contributed by atoms with Crippen molar-refractivity contribution in [2.24, 2.45) is 0 Å².